The van der Waals surface area contributed by atoms with Crippen molar-refractivity contribution in [3.05, 3.63) is 22.8 Å². The predicted octanol–water partition coefficient (Wildman–Crippen LogP) is 4.97. The molecule has 0 aliphatic rings. The predicted molar refractivity (Wildman–Crippen MR) is 90.1 cm³/mol. The maximum Gasteiger partial charge on any atom is 0.213 e. The Labute approximate surface area is 134 Å². The quantitative estimate of drug-likeness (QED) is 0.653. The zero-order valence-corrected chi connectivity index (χ0v) is 14.6. The number of hydrogen-bond donors (Lipinski definition) is 1. The Morgan fingerprint density at radius 3 is 2.57 bits per heavy atom. The fourth-order valence-corrected chi connectivity index (χ4v) is 2.09. The van der Waals surface area contributed by atoms with E-state index >= 15 is 0 Å². The number of hydrogen-bond acceptors (Lipinski definition) is 3. The van der Waals surface area contributed by atoms with E-state index in [1.807, 2.05) is 6.07 Å². The molecule has 1 rings (SSSR count). The third kappa shape index (κ3) is 8.27. The normalized spacial score (nSPS) is 11.7. The molecule has 0 aliphatic heterocycles. The summed E-state index contributed by atoms with van der Waals surface area (Å²) < 4.78 is 5.72. The van der Waals surface area contributed by atoms with Gasteiger partial charge in [0.15, 0.2) is 0 Å². The molecule has 1 N–H and O–H groups in total. The average Bonchev–Trinajstić information content (AvgIpc) is 2.42. The fraction of sp³-hybridized carbons (Fsp3) is 0.706. The van der Waals surface area contributed by atoms with Crippen molar-refractivity contribution in [1.29, 1.82) is 0 Å². The molecule has 1 heterocycles. The highest BCUT2D eigenvalue weighted by atomic mass is 35.5. The summed E-state index contributed by atoms with van der Waals surface area (Å²) in [5.74, 6) is 0.667. The molecule has 4 heteroatoms. The number of aromatic nitrogens is 1. The zero-order valence-electron chi connectivity index (χ0n) is 13.8. The van der Waals surface area contributed by atoms with Gasteiger partial charge in [0.2, 0.25) is 5.88 Å². The van der Waals surface area contributed by atoms with E-state index in [9.17, 15) is 0 Å². The number of nitrogens with one attached hydrogen (secondary N) is 1. The maximum absolute atomic E-state index is 6.19. The molecule has 0 fully saturated rings. The number of pyridine rings is 1. The van der Waals surface area contributed by atoms with Gasteiger partial charge < -0.3 is 10.1 Å². The van der Waals surface area contributed by atoms with Crippen LogP contribution in [0.5, 0.6) is 5.88 Å². The highest BCUT2D eigenvalue weighted by Gasteiger charge is 2.11. The molecule has 0 spiro atoms. The Bertz CT molecular complexity index is 416. The average molecular weight is 313 g/mol. The van der Waals surface area contributed by atoms with Crippen LogP contribution in [0.25, 0.3) is 0 Å². The minimum absolute atomic E-state index is 0.0624. The van der Waals surface area contributed by atoms with Crippen molar-refractivity contribution in [3.8, 4) is 5.88 Å². The van der Waals surface area contributed by atoms with Crippen LogP contribution in [-0.2, 0) is 6.54 Å². The summed E-state index contributed by atoms with van der Waals surface area (Å²) in [4.78, 5) is 4.24. The van der Waals surface area contributed by atoms with Gasteiger partial charge >= 0.3 is 0 Å². The molecule has 0 saturated heterocycles. The second-order valence-electron chi connectivity index (χ2n) is 6.48. The van der Waals surface area contributed by atoms with Crippen molar-refractivity contribution in [2.45, 2.75) is 71.9 Å². The van der Waals surface area contributed by atoms with Gasteiger partial charge in [-0.2, -0.15) is 0 Å². The van der Waals surface area contributed by atoms with Crippen molar-refractivity contribution < 1.29 is 4.74 Å². The lowest BCUT2D eigenvalue weighted by atomic mass is 10.1. The number of ether oxygens (including phenoxy) is 1. The van der Waals surface area contributed by atoms with Crippen LogP contribution < -0.4 is 10.1 Å². The first-order valence-corrected chi connectivity index (χ1v) is 8.32. The molecule has 0 saturated carbocycles. The first-order valence-electron chi connectivity index (χ1n) is 7.94. The Kier molecular flexibility index (Phi) is 8.05. The van der Waals surface area contributed by atoms with E-state index in [-0.39, 0.29) is 5.54 Å². The molecular formula is C17H29ClN2O. The third-order valence-electron chi connectivity index (χ3n) is 3.22. The largest absolute Gasteiger partial charge is 0.478 e. The molecule has 1 aromatic rings. The first-order chi connectivity index (χ1) is 9.92. The van der Waals surface area contributed by atoms with Crippen molar-refractivity contribution >= 4 is 11.6 Å². The maximum atomic E-state index is 6.19. The van der Waals surface area contributed by atoms with E-state index < -0.39 is 0 Å². The minimum Gasteiger partial charge on any atom is -0.478 e. The molecule has 0 unspecified atom stereocenters. The second-order valence-corrected chi connectivity index (χ2v) is 6.89. The molecule has 0 aliphatic carbocycles. The van der Waals surface area contributed by atoms with Crippen molar-refractivity contribution in [3.63, 3.8) is 0 Å². The van der Waals surface area contributed by atoms with E-state index in [1.54, 1.807) is 6.20 Å². The van der Waals surface area contributed by atoms with Crippen LogP contribution in [0.15, 0.2) is 12.3 Å². The third-order valence-corrected chi connectivity index (χ3v) is 3.56. The highest BCUT2D eigenvalue weighted by molar-refractivity contribution is 6.31. The van der Waals surface area contributed by atoms with Crippen LogP contribution in [0.1, 0.15) is 65.4 Å². The molecule has 0 bridgehead atoms. The van der Waals surface area contributed by atoms with Gasteiger partial charge in [0, 0.05) is 24.3 Å². The van der Waals surface area contributed by atoms with E-state index in [1.165, 1.54) is 25.7 Å². The van der Waals surface area contributed by atoms with Crippen molar-refractivity contribution in [2.24, 2.45) is 0 Å². The Balaban J connectivity index is 2.41. The van der Waals surface area contributed by atoms with Crippen LogP contribution in [-0.4, -0.2) is 17.1 Å². The SMILES string of the molecule is CCCCCCCOc1cc(CNC(C)(C)C)c(Cl)cn1. The molecule has 0 amide bonds. The highest BCUT2D eigenvalue weighted by Crippen LogP contribution is 2.20. The summed E-state index contributed by atoms with van der Waals surface area (Å²) in [5, 5.41) is 4.11. The molecule has 0 atom stereocenters. The van der Waals surface area contributed by atoms with Gasteiger partial charge in [-0.1, -0.05) is 44.2 Å². The molecule has 21 heavy (non-hydrogen) atoms. The van der Waals surface area contributed by atoms with Gasteiger partial charge in [-0.3, -0.25) is 0 Å². The zero-order chi connectivity index (χ0) is 15.7. The lowest BCUT2D eigenvalue weighted by Gasteiger charge is -2.21. The van der Waals surface area contributed by atoms with Crippen LogP contribution in [0.3, 0.4) is 0 Å². The lowest BCUT2D eigenvalue weighted by molar-refractivity contribution is 0.293. The fourth-order valence-electron chi connectivity index (χ4n) is 1.92. The van der Waals surface area contributed by atoms with Crippen LogP contribution in [0, 0.1) is 0 Å². The topological polar surface area (TPSA) is 34.1 Å². The van der Waals surface area contributed by atoms with Crippen LogP contribution >= 0.6 is 11.6 Å². The standard InChI is InChI=1S/C17H29ClN2O/c1-5-6-7-8-9-10-21-16-11-14(15(18)13-19-16)12-20-17(2,3)4/h11,13,20H,5-10,12H2,1-4H3. The van der Waals surface area contributed by atoms with E-state index in [0.29, 0.717) is 10.9 Å². The van der Waals surface area contributed by atoms with Gasteiger partial charge in [-0.05, 0) is 32.8 Å². The molecule has 3 nitrogen and oxygen atoms in total. The molecule has 0 radical (unpaired) electrons. The Morgan fingerprint density at radius 1 is 1.19 bits per heavy atom. The Morgan fingerprint density at radius 2 is 1.90 bits per heavy atom. The number of rotatable bonds is 9. The molecule has 0 aromatic carbocycles. The number of nitrogens with zero attached hydrogens (tertiary/aromatic N) is 1. The molecule has 120 valence electrons. The second kappa shape index (κ2) is 9.26. The number of halogens is 1. The van der Waals surface area contributed by atoms with E-state index in [0.717, 1.165) is 25.1 Å². The summed E-state index contributed by atoms with van der Waals surface area (Å²) >= 11 is 6.19. The van der Waals surface area contributed by atoms with Gasteiger partial charge in [0.25, 0.3) is 0 Å². The minimum atomic E-state index is 0.0624. The molecule has 1 aromatic heterocycles. The summed E-state index contributed by atoms with van der Waals surface area (Å²) in [5.41, 5.74) is 1.09. The summed E-state index contributed by atoms with van der Waals surface area (Å²) in [6.07, 6.45) is 7.84. The van der Waals surface area contributed by atoms with E-state index in [4.69, 9.17) is 16.3 Å². The summed E-state index contributed by atoms with van der Waals surface area (Å²) in [7, 11) is 0. The van der Waals surface area contributed by atoms with Crippen molar-refractivity contribution in [1.82, 2.24) is 10.3 Å². The van der Waals surface area contributed by atoms with Crippen molar-refractivity contribution in [2.75, 3.05) is 6.61 Å². The van der Waals surface area contributed by atoms with Gasteiger partial charge in [-0.15, -0.1) is 0 Å². The number of unbranched alkanes of at least 4 members (excludes halogenated alkanes) is 4. The Hall–Kier alpha value is -0.800. The summed E-state index contributed by atoms with van der Waals surface area (Å²) in [6.45, 7) is 10.1. The van der Waals surface area contributed by atoms with Crippen LogP contribution in [0.2, 0.25) is 5.02 Å². The smallest absolute Gasteiger partial charge is 0.213 e. The van der Waals surface area contributed by atoms with Gasteiger partial charge in [0.1, 0.15) is 0 Å². The lowest BCUT2D eigenvalue weighted by Crippen LogP contribution is -2.35. The summed E-state index contributed by atoms with van der Waals surface area (Å²) in [6, 6.07) is 1.94. The van der Waals surface area contributed by atoms with Crippen LogP contribution in [0.4, 0.5) is 0 Å². The van der Waals surface area contributed by atoms with Gasteiger partial charge in [0.05, 0.1) is 11.6 Å². The monoisotopic (exact) mass is 312 g/mol. The van der Waals surface area contributed by atoms with E-state index in [2.05, 4.69) is 38.0 Å². The molecular weight excluding hydrogens is 284 g/mol. The van der Waals surface area contributed by atoms with Gasteiger partial charge in [-0.25, -0.2) is 4.98 Å². The first kappa shape index (κ1) is 18.2.